The van der Waals surface area contributed by atoms with Gasteiger partial charge in [0.15, 0.2) is 0 Å². The third kappa shape index (κ3) is 14.6. The van der Waals surface area contributed by atoms with Crippen LogP contribution in [0.25, 0.3) is 0 Å². The number of nitrogens with zero attached hydrogens (tertiary/aromatic N) is 2. The zero-order chi connectivity index (χ0) is 33.0. The van der Waals surface area contributed by atoms with E-state index in [-0.39, 0.29) is 50.2 Å². The van der Waals surface area contributed by atoms with Crippen LogP contribution in [0.15, 0.2) is 30.3 Å². The van der Waals surface area contributed by atoms with Crippen molar-refractivity contribution in [2.45, 2.75) is 78.5 Å². The Hall–Kier alpha value is -2.58. The van der Waals surface area contributed by atoms with E-state index in [2.05, 4.69) is 15.4 Å². The van der Waals surface area contributed by atoms with Crippen LogP contribution in [-0.2, 0) is 29.3 Å². The number of aliphatic hydroxyl groups is 1. The summed E-state index contributed by atoms with van der Waals surface area (Å²) in [5.74, 6) is -0.952. The Morgan fingerprint density at radius 3 is 2.16 bits per heavy atom. The van der Waals surface area contributed by atoms with Crippen LogP contribution >= 0.6 is 0 Å². The number of amides is 2. The van der Waals surface area contributed by atoms with Gasteiger partial charge in [0.05, 0.1) is 25.8 Å². The smallest absolute Gasteiger partial charge is 0.326 e. The molecule has 4 N–H and O–H groups in total. The highest BCUT2D eigenvalue weighted by Crippen LogP contribution is 2.24. The number of ether oxygens (including phenoxy) is 1. The minimum absolute atomic E-state index is 0.0455. The predicted molar refractivity (Wildman–Crippen MR) is 167 cm³/mol. The molecule has 0 fully saturated rings. The van der Waals surface area contributed by atoms with E-state index >= 15 is 0 Å². The normalized spacial score (nSPS) is 14.1. The Labute approximate surface area is 258 Å². The molecule has 1 rings (SSSR count). The largest absolute Gasteiger partial charge is 0.468 e. The second-order valence-electron chi connectivity index (χ2n) is 13.0. The predicted octanol–water partition coefficient (Wildman–Crippen LogP) is 1.82. The molecular weight excluding hydrogens is 574 g/mol. The van der Waals surface area contributed by atoms with Crippen molar-refractivity contribution >= 4 is 28.0 Å². The number of hydrogen-bond donors (Lipinski definition) is 4. The van der Waals surface area contributed by atoms with Crippen molar-refractivity contribution in [3.63, 3.8) is 0 Å². The summed E-state index contributed by atoms with van der Waals surface area (Å²) in [6.45, 7) is 10.9. The first kappa shape index (κ1) is 38.4. The molecule has 0 saturated heterocycles. The van der Waals surface area contributed by atoms with Crippen molar-refractivity contribution in [1.82, 2.24) is 24.6 Å². The van der Waals surface area contributed by atoms with Crippen molar-refractivity contribution in [2.75, 3.05) is 47.4 Å². The molecule has 2 atom stereocenters. The molecule has 0 aliphatic carbocycles. The highest BCUT2D eigenvalue weighted by molar-refractivity contribution is 7.87. The number of rotatable bonds is 19. The van der Waals surface area contributed by atoms with E-state index in [1.165, 1.54) is 21.0 Å². The molecular formula is C30H53N5O7S. The van der Waals surface area contributed by atoms with Gasteiger partial charge in [-0.15, -0.1) is 0 Å². The molecule has 246 valence electrons. The molecule has 0 heterocycles. The molecule has 1 aromatic rings. The summed E-state index contributed by atoms with van der Waals surface area (Å²) in [5.41, 5.74) is -1.30. The van der Waals surface area contributed by atoms with E-state index in [0.717, 1.165) is 9.87 Å². The molecule has 1 aromatic carbocycles. The van der Waals surface area contributed by atoms with Crippen molar-refractivity contribution in [3.05, 3.63) is 35.9 Å². The van der Waals surface area contributed by atoms with Crippen LogP contribution in [0.2, 0.25) is 0 Å². The van der Waals surface area contributed by atoms with Gasteiger partial charge in [0.2, 0.25) is 11.8 Å². The van der Waals surface area contributed by atoms with Crippen LogP contribution in [0.5, 0.6) is 0 Å². The Kier molecular flexibility index (Phi) is 15.2. The van der Waals surface area contributed by atoms with Crippen molar-refractivity contribution in [2.24, 2.45) is 11.3 Å². The second kappa shape index (κ2) is 17.0. The van der Waals surface area contributed by atoms with Gasteiger partial charge >= 0.3 is 5.97 Å². The van der Waals surface area contributed by atoms with Gasteiger partial charge in [-0.1, -0.05) is 58.0 Å². The zero-order valence-electron chi connectivity index (χ0n) is 27.3. The fraction of sp³-hybridized carbons (Fsp3) is 0.700. The van der Waals surface area contributed by atoms with Crippen molar-refractivity contribution in [1.29, 1.82) is 0 Å². The fourth-order valence-corrected chi connectivity index (χ4v) is 5.94. The summed E-state index contributed by atoms with van der Waals surface area (Å²) in [5, 5.41) is 17.0. The Bertz CT molecular complexity index is 1140. The highest BCUT2D eigenvalue weighted by atomic mass is 32.2. The molecule has 2 unspecified atom stereocenters. The SMILES string of the molecule is COC(=O)C(C)(C)NS(=O)(=O)N(CCC(C)C)CC(O)CC(NC(=O)CC(C)(C)CNC(=O)CN(C)C)c1ccccc1. The van der Waals surface area contributed by atoms with Gasteiger partial charge in [0, 0.05) is 26.1 Å². The minimum Gasteiger partial charge on any atom is -0.468 e. The average molecular weight is 628 g/mol. The average Bonchev–Trinajstić information content (AvgIpc) is 2.88. The van der Waals surface area contributed by atoms with E-state index in [9.17, 15) is 27.9 Å². The number of hydrogen-bond acceptors (Lipinski definition) is 8. The third-order valence-corrected chi connectivity index (χ3v) is 8.48. The van der Waals surface area contributed by atoms with Gasteiger partial charge in [-0.3, -0.25) is 14.4 Å². The molecule has 0 saturated carbocycles. The summed E-state index contributed by atoms with van der Waals surface area (Å²) in [6, 6.07) is 8.55. The van der Waals surface area contributed by atoms with Crippen molar-refractivity contribution in [3.8, 4) is 0 Å². The Morgan fingerprint density at radius 1 is 1.02 bits per heavy atom. The minimum atomic E-state index is -4.20. The Balaban J connectivity index is 3.08. The van der Waals surface area contributed by atoms with Gasteiger partial charge < -0.3 is 25.4 Å². The third-order valence-electron chi connectivity index (χ3n) is 6.70. The monoisotopic (exact) mass is 627 g/mol. The summed E-state index contributed by atoms with van der Waals surface area (Å²) >= 11 is 0. The number of carbonyl (C=O) groups is 3. The van der Waals surface area contributed by atoms with E-state index < -0.39 is 39.3 Å². The fourth-order valence-electron chi connectivity index (χ4n) is 4.36. The van der Waals surface area contributed by atoms with Gasteiger partial charge in [0.25, 0.3) is 10.2 Å². The summed E-state index contributed by atoms with van der Waals surface area (Å²) in [7, 11) is 0.584. The van der Waals surface area contributed by atoms with Gasteiger partial charge in [-0.25, -0.2) is 0 Å². The molecule has 0 aromatic heterocycles. The van der Waals surface area contributed by atoms with Crippen LogP contribution in [0.3, 0.4) is 0 Å². The van der Waals surface area contributed by atoms with E-state index in [4.69, 9.17) is 4.74 Å². The summed E-state index contributed by atoms with van der Waals surface area (Å²) < 4.78 is 35.0. The quantitative estimate of drug-likeness (QED) is 0.169. The maximum atomic E-state index is 13.4. The second-order valence-corrected chi connectivity index (χ2v) is 14.7. The van der Waals surface area contributed by atoms with Gasteiger partial charge in [-0.05, 0) is 57.7 Å². The molecule has 13 heteroatoms. The lowest BCUT2D eigenvalue weighted by molar-refractivity contribution is -0.146. The lowest BCUT2D eigenvalue weighted by Crippen LogP contribution is -2.56. The molecule has 2 amide bonds. The maximum Gasteiger partial charge on any atom is 0.326 e. The van der Waals surface area contributed by atoms with Crippen LogP contribution in [0.4, 0.5) is 0 Å². The molecule has 0 radical (unpaired) electrons. The zero-order valence-corrected chi connectivity index (χ0v) is 28.1. The van der Waals surface area contributed by atoms with Crippen molar-refractivity contribution < 1.29 is 32.6 Å². The van der Waals surface area contributed by atoms with E-state index in [0.29, 0.717) is 13.0 Å². The maximum absolute atomic E-state index is 13.4. The number of nitrogens with one attached hydrogen (secondary N) is 3. The van der Waals surface area contributed by atoms with Gasteiger partial charge in [-0.2, -0.15) is 17.4 Å². The topological polar surface area (TPSA) is 157 Å². The summed E-state index contributed by atoms with van der Waals surface area (Å²) in [4.78, 5) is 39.2. The number of methoxy groups -OCH3 is 1. The van der Waals surface area contributed by atoms with Crippen LogP contribution in [-0.4, -0.2) is 99.5 Å². The standard InChI is InChI=1S/C30H53N5O7S/c1-22(2)15-16-35(43(40,41)33-30(5,6)28(39)42-9)19-24(36)17-25(23-13-11-10-12-14-23)32-26(37)18-29(3,4)21-31-27(38)20-34(7)8/h10-14,22,24-25,33,36H,15-21H2,1-9H3,(H,31,38)(H,32,37). The van der Waals surface area contributed by atoms with Crippen LogP contribution in [0.1, 0.15) is 72.4 Å². The van der Waals surface area contributed by atoms with Gasteiger partial charge in [0.1, 0.15) is 5.54 Å². The molecule has 0 aliphatic rings. The van der Waals surface area contributed by atoms with E-state index in [1.807, 2.05) is 58.0 Å². The molecule has 0 bridgehead atoms. The summed E-state index contributed by atoms with van der Waals surface area (Å²) in [6.07, 6.45) is -0.445. The van der Waals surface area contributed by atoms with Crippen LogP contribution < -0.4 is 15.4 Å². The molecule has 0 spiro atoms. The number of esters is 1. The number of carbonyl (C=O) groups excluding carboxylic acids is 3. The lowest BCUT2D eigenvalue weighted by atomic mass is 9.88. The first-order valence-electron chi connectivity index (χ1n) is 14.6. The number of benzene rings is 1. The van der Waals surface area contributed by atoms with Crippen LogP contribution in [0, 0.1) is 11.3 Å². The Morgan fingerprint density at radius 2 is 1.63 bits per heavy atom. The molecule has 43 heavy (non-hydrogen) atoms. The number of likely N-dealkylation sites (N-methyl/N-ethyl adjacent to an activating group) is 1. The first-order chi connectivity index (χ1) is 19.8. The lowest BCUT2D eigenvalue weighted by Gasteiger charge is -2.31. The highest BCUT2D eigenvalue weighted by Gasteiger charge is 2.37. The molecule has 12 nitrogen and oxygen atoms in total. The number of aliphatic hydroxyl groups excluding tert-OH is 1. The van der Waals surface area contributed by atoms with E-state index in [1.54, 1.807) is 19.0 Å². The first-order valence-corrected chi connectivity index (χ1v) is 16.0. The molecule has 0 aliphatic heterocycles.